The first-order valence-corrected chi connectivity index (χ1v) is 12.6. The summed E-state index contributed by atoms with van der Waals surface area (Å²) >= 11 is 5.86. The van der Waals surface area contributed by atoms with Crippen LogP contribution in [-0.2, 0) is 16.9 Å². The Bertz CT molecular complexity index is 1370. The van der Waals surface area contributed by atoms with E-state index in [1.807, 2.05) is 0 Å². The number of ether oxygens (including phenoxy) is 2. The quantitative estimate of drug-likeness (QED) is 0.488. The van der Waals surface area contributed by atoms with Crippen LogP contribution in [0.1, 0.15) is 30.4 Å². The summed E-state index contributed by atoms with van der Waals surface area (Å²) in [6.07, 6.45) is 0.459. The van der Waals surface area contributed by atoms with Crippen molar-refractivity contribution in [1.29, 1.82) is 0 Å². The summed E-state index contributed by atoms with van der Waals surface area (Å²) in [5.74, 6) is -0.729. The number of nitrogens with zero attached hydrogens (tertiary/aromatic N) is 5. The summed E-state index contributed by atoms with van der Waals surface area (Å²) in [5.41, 5.74) is -0.116. The van der Waals surface area contributed by atoms with Gasteiger partial charge in [0.2, 0.25) is 5.82 Å². The average Bonchev–Trinajstić information content (AvgIpc) is 3.12. The standard InChI is InChI=1S/C20H21ClF2N6O5S/c1-20(3-5-35(31,32)6-4-20)28-17(30)16-26-12-9-25-19(27-15(12)29(16)2)34-18-13(33-10-14(22)23)7-11(21)8-24-18/h7-9,14H,3-6,10H2,1-2H3,(H,28,30). The molecule has 0 radical (unpaired) electrons. The van der Waals surface area contributed by atoms with Crippen LogP contribution in [-0.4, -0.2) is 68.9 Å². The van der Waals surface area contributed by atoms with E-state index in [1.54, 1.807) is 14.0 Å². The van der Waals surface area contributed by atoms with Crippen molar-refractivity contribution in [1.82, 2.24) is 29.8 Å². The highest BCUT2D eigenvalue weighted by molar-refractivity contribution is 7.91. The molecule has 1 aliphatic heterocycles. The SMILES string of the molecule is Cn1c(C(=O)NC2(C)CCS(=O)(=O)CC2)nc2cnc(Oc3ncc(Cl)cc3OCC(F)F)nc21. The van der Waals surface area contributed by atoms with Gasteiger partial charge in [-0.2, -0.15) is 4.98 Å². The lowest BCUT2D eigenvalue weighted by molar-refractivity contribution is 0.0803. The Hall–Kier alpha value is -3.13. The lowest BCUT2D eigenvalue weighted by Crippen LogP contribution is -2.51. The predicted molar refractivity (Wildman–Crippen MR) is 121 cm³/mol. The number of carbonyl (C=O) groups is 1. The van der Waals surface area contributed by atoms with Gasteiger partial charge in [-0.15, -0.1) is 0 Å². The van der Waals surface area contributed by atoms with Crippen LogP contribution < -0.4 is 14.8 Å². The Morgan fingerprint density at radius 3 is 2.66 bits per heavy atom. The van der Waals surface area contributed by atoms with Crippen molar-refractivity contribution in [3.63, 3.8) is 0 Å². The number of nitrogens with one attached hydrogen (secondary N) is 1. The Labute approximate surface area is 203 Å². The Kier molecular flexibility index (Phi) is 6.77. The van der Waals surface area contributed by atoms with Crippen LogP contribution in [0.25, 0.3) is 11.2 Å². The molecule has 0 unspecified atom stereocenters. The number of aryl methyl sites for hydroxylation is 1. The topological polar surface area (TPSA) is 138 Å². The number of sulfone groups is 1. The minimum Gasteiger partial charge on any atom is -0.482 e. The van der Waals surface area contributed by atoms with Crippen molar-refractivity contribution >= 4 is 38.5 Å². The molecule has 15 heteroatoms. The van der Waals surface area contributed by atoms with E-state index < -0.39 is 34.3 Å². The molecule has 1 amide bonds. The molecular formula is C20H21ClF2N6O5S. The number of pyridine rings is 1. The normalized spacial score (nSPS) is 16.9. The maximum absolute atomic E-state index is 12.9. The van der Waals surface area contributed by atoms with Crippen LogP contribution in [0.15, 0.2) is 18.5 Å². The third kappa shape index (κ3) is 5.75. The van der Waals surface area contributed by atoms with Crippen LogP contribution in [0.5, 0.6) is 17.6 Å². The first kappa shape index (κ1) is 25.0. The smallest absolute Gasteiger partial charge is 0.325 e. The summed E-state index contributed by atoms with van der Waals surface area (Å²) in [6, 6.07) is 1.09. The van der Waals surface area contributed by atoms with Crippen molar-refractivity contribution in [2.24, 2.45) is 7.05 Å². The van der Waals surface area contributed by atoms with Gasteiger partial charge < -0.3 is 19.4 Å². The predicted octanol–water partition coefficient (Wildman–Crippen LogP) is 2.54. The molecule has 188 valence electrons. The molecule has 1 saturated heterocycles. The zero-order valence-electron chi connectivity index (χ0n) is 18.7. The molecule has 0 saturated carbocycles. The Morgan fingerprint density at radius 1 is 1.26 bits per heavy atom. The molecule has 4 rings (SSSR count). The van der Waals surface area contributed by atoms with Gasteiger partial charge in [-0.25, -0.2) is 32.2 Å². The van der Waals surface area contributed by atoms with E-state index in [-0.39, 0.29) is 45.6 Å². The van der Waals surface area contributed by atoms with Gasteiger partial charge in [0, 0.05) is 24.8 Å². The molecule has 0 aliphatic carbocycles. The van der Waals surface area contributed by atoms with Crippen LogP contribution in [0.2, 0.25) is 5.02 Å². The zero-order valence-corrected chi connectivity index (χ0v) is 20.2. The van der Waals surface area contributed by atoms with Crippen molar-refractivity contribution in [2.75, 3.05) is 18.1 Å². The first-order chi connectivity index (χ1) is 16.4. The average molecular weight is 531 g/mol. The van der Waals surface area contributed by atoms with Crippen molar-refractivity contribution in [3.8, 4) is 17.6 Å². The van der Waals surface area contributed by atoms with E-state index in [9.17, 15) is 22.0 Å². The van der Waals surface area contributed by atoms with Crippen molar-refractivity contribution in [2.45, 2.75) is 31.7 Å². The largest absolute Gasteiger partial charge is 0.482 e. The highest BCUT2D eigenvalue weighted by Gasteiger charge is 2.35. The van der Waals surface area contributed by atoms with E-state index in [0.29, 0.717) is 18.4 Å². The summed E-state index contributed by atoms with van der Waals surface area (Å²) < 4.78 is 60.5. The lowest BCUT2D eigenvalue weighted by Gasteiger charge is -2.34. The van der Waals surface area contributed by atoms with Gasteiger partial charge in [-0.05, 0) is 19.8 Å². The molecule has 1 aliphatic rings. The van der Waals surface area contributed by atoms with Crippen molar-refractivity contribution in [3.05, 3.63) is 29.3 Å². The Morgan fingerprint density at radius 2 is 1.97 bits per heavy atom. The van der Waals surface area contributed by atoms with Gasteiger partial charge in [0.1, 0.15) is 22.0 Å². The number of halogens is 3. The molecule has 1 fully saturated rings. The highest BCUT2D eigenvalue weighted by Crippen LogP contribution is 2.31. The van der Waals surface area contributed by atoms with E-state index in [2.05, 4.69) is 25.3 Å². The molecule has 3 aromatic heterocycles. The molecule has 0 bridgehead atoms. The van der Waals surface area contributed by atoms with Gasteiger partial charge in [0.25, 0.3) is 18.2 Å². The molecule has 11 nitrogen and oxygen atoms in total. The summed E-state index contributed by atoms with van der Waals surface area (Å²) in [4.78, 5) is 29.4. The molecule has 0 spiro atoms. The molecule has 0 atom stereocenters. The third-order valence-electron chi connectivity index (χ3n) is 5.48. The van der Waals surface area contributed by atoms with Crippen LogP contribution >= 0.6 is 11.6 Å². The number of carbonyl (C=O) groups excluding carboxylic acids is 1. The zero-order chi connectivity index (χ0) is 25.4. The summed E-state index contributed by atoms with van der Waals surface area (Å²) in [7, 11) is -1.51. The first-order valence-electron chi connectivity index (χ1n) is 10.4. The minimum absolute atomic E-state index is 0.000243. The van der Waals surface area contributed by atoms with Crippen molar-refractivity contribution < 1.29 is 31.5 Å². The number of rotatable bonds is 7. The number of fused-ring (bicyclic) bond motifs is 1. The maximum atomic E-state index is 12.9. The monoisotopic (exact) mass is 530 g/mol. The molecule has 0 aromatic carbocycles. The summed E-state index contributed by atoms with van der Waals surface area (Å²) in [5, 5.41) is 3.03. The minimum atomic E-state index is -3.09. The van der Waals surface area contributed by atoms with Crippen LogP contribution in [0.4, 0.5) is 8.78 Å². The van der Waals surface area contributed by atoms with Crippen LogP contribution in [0, 0.1) is 0 Å². The van der Waals surface area contributed by atoms with Gasteiger partial charge >= 0.3 is 6.01 Å². The van der Waals surface area contributed by atoms with E-state index in [0.717, 1.165) is 0 Å². The second-order valence-electron chi connectivity index (χ2n) is 8.28. The second kappa shape index (κ2) is 9.49. The number of alkyl halides is 2. The molecule has 1 N–H and O–H groups in total. The summed E-state index contributed by atoms with van der Waals surface area (Å²) in [6.45, 7) is 0.907. The Balaban J connectivity index is 1.55. The number of amides is 1. The highest BCUT2D eigenvalue weighted by atomic mass is 35.5. The van der Waals surface area contributed by atoms with Gasteiger partial charge in [-0.1, -0.05) is 11.6 Å². The fourth-order valence-electron chi connectivity index (χ4n) is 3.49. The van der Waals surface area contributed by atoms with Gasteiger partial charge in [0.05, 0.1) is 22.7 Å². The number of hydrogen-bond donors (Lipinski definition) is 1. The van der Waals surface area contributed by atoms with Gasteiger partial charge in [-0.3, -0.25) is 4.79 Å². The number of imidazole rings is 1. The molecular weight excluding hydrogens is 510 g/mol. The fraction of sp³-hybridized carbons (Fsp3) is 0.450. The number of aromatic nitrogens is 5. The van der Waals surface area contributed by atoms with Crippen LogP contribution in [0.3, 0.4) is 0 Å². The van der Waals surface area contributed by atoms with E-state index in [4.69, 9.17) is 21.1 Å². The molecule has 3 aromatic rings. The second-order valence-corrected chi connectivity index (χ2v) is 11.0. The lowest BCUT2D eigenvalue weighted by atomic mass is 9.95. The maximum Gasteiger partial charge on any atom is 0.325 e. The third-order valence-corrected chi connectivity index (χ3v) is 7.33. The molecule has 35 heavy (non-hydrogen) atoms. The van der Waals surface area contributed by atoms with Gasteiger partial charge in [0.15, 0.2) is 11.4 Å². The number of hydrogen-bond acceptors (Lipinski definition) is 9. The molecule has 4 heterocycles. The van der Waals surface area contributed by atoms with E-state index in [1.165, 1.54) is 23.0 Å². The van der Waals surface area contributed by atoms with E-state index >= 15 is 0 Å². The fourth-order valence-corrected chi connectivity index (χ4v) is 5.36.